The molecular formula is C19H25N7OS. The van der Waals surface area contributed by atoms with Crippen LogP contribution in [0.15, 0.2) is 6.20 Å². The number of carbonyl (C=O) groups is 1. The molecule has 1 amide bonds. The molecule has 0 aromatic carbocycles. The highest BCUT2D eigenvalue weighted by molar-refractivity contribution is 7.19. The third-order valence-corrected chi connectivity index (χ3v) is 5.81. The van der Waals surface area contributed by atoms with Crippen molar-refractivity contribution in [3.8, 4) is 22.0 Å². The van der Waals surface area contributed by atoms with Crippen LogP contribution in [0.2, 0.25) is 0 Å². The largest absolute Gasteiger partial charge is 0.348 e. The summed E-state index contributed by atoms with van der Waals surface area (Å²) in [7, 11) is 4.13. The minimum Gasteiger partial charge on any atom is -0.348 e. The fourth-order valence-electron chi connectivity index (χ4n) is 3.53. The summed E-state index contributed by atoms with van der Waals surface area (Å²) in [6.07, 6.45) is 4.76. The van der Waals surface area contributed by atoms with Crippen LogP contribution >= 0.6 is 11.3 Å². The van der Waals surface area contributed by atoms with E-state index in [1.165, 1.54) is 23.8 Å². The van der Waals surface area contributed by atoms with Crippen LogP contribution in [0.25, 0.3) is 22.0 Å². The van der Waals surface area contributed by atoms with E-state index in [2.05, 4.69) is 43.9 Å². The number of aromatic amines is 1. The van der Waals surface area contributed by atoms with E-state index in [1.54, 1.807) is 0 Å². The number of amides is 1. The Hall–Kier alpha value is -2.52. The molecule has 0 fully saturated rings. The molecule has 8 nitrogen and oxygen atoms in total. The zero-order valence-electron chi connectivity index (χ0n) is 16.7. The first-order chi connectivity index (χ1) is 13.4. The predicted molar refractivity (Wildman–Crippen MR) is 111 cm³/mol. The van der Waals surface area contributed by atoms with Crippen LogP contribution < -0.4 is 5.32 Å². The van der Waals surface area contributed by atoms with Crippen molar-refractivity contribution in [2.75, 3.05) is 26.0 Å². The van der Waals surface area contributed by atoms with Crippen molar-refractivity contribution in [1.29, 1.82) is 0 Å². The summed E-state index contributed by atoms with van der Waals surface area (Å²) >= 11 is 1.54. The summed E-state index contributed by atoms with van der Waals surface area (Å²) in [5, 5.41) is 8.45. The maximum Gasteiger partial charge on any atom is 0.223 e. The number of likely N-dealkylation sites (N-methyl/N-ethyl adjacent to an activating group) is 1. The Morgan fingerprint density at radius 3 is 2.86 bits per heavy atom. The molecule has 1 aliphatic rings. The minimum absolute atomic E-state index is 0.0991. The van der Waals surface area contributed by atoms with Gasteiger partial charge in [-0.2, -0.15) is 5.10 Å². The molecule has 0 saturated heterocycles. The average Bonchev–Trinajstić information content (AvgIpc) is 3.27. The van der Waals surface area contributed by atoms with Gasteiger partial charge in [-0.3, -0.25) is 9.48 Å². The number of nitrogens with one attached hydrogen (secondary N) is 2. The number of carbonyl (C=O) groups excluding carboxylic acids is 1. The highest BCUT2D eigenvalue weighted by atomic mass is 32.1. The van der Waals surface area contributed by atoms with E-state index in [4.69, 9.17) is 5.10 Å². The van der Waals surface area contributed by atoms with Gasteiger partial charge in [-0.05, 0) is 40.3 Å². The number of aromatic nitrogens is 5. The molecule has 0 spiro atoms. The van der Waals surface area contributed by atoms with Crippen LogP contribution in [-0.2, 0) is 24.2 Å². The lowest BCUT2D eigenvalue weighted by molar-refractivity contribution is -0.114. The van der Waals surface area contributed by atoms with Crippen molar-refractivity contribution in [3.05, 3.63) is 23.3 Å². The van der Waals surface area contributed by atoms with Crippen molar-refractivity contribution in [2.45, 2.75) is 39.7 Å². The van der Waals surface area contributed by atoms with Gasteiger partial charge in [0.15, 0.2) is 5.13 Å². The number of hydrogen-bond acceptors (Lipinski definition) is 6. The Labute approximate surface area is 168 Å². The second-order valence-electron chi connectivity index (χ2n) is 7.40. The molecule has 0 bridgehead atoms. The topological polar surface area (TPSA) is 91.7 Å². The lowest BCUT2D eigenvalue weighted by Gasteiger charge is -2.12. The number of rotatable bonds is 5. The van der Waals surface area contributed by atoms with Crippen LogP contribution in [-0.4, -0.2) is 56.2 Å². The molecule has 4 rings (SSSR count). The maximum atomic E-state index is 11.5. The molecule has 148 valence electrons. The molecule has 28 heavy (non-hydrogen) atoms. The van der Waals surface area contributed by atoms with Crippen molar-refractivity contribution < 1.29 is 4.79 Å². The van der Waals surface area contributed by atoms with Gasteiger partial charge in [-0.1, -0.05) is 11.3 Å². The second-order valence-corrected chi connectivity index (χ2v) is 8.40. The van der Waals surface area contributed by atoms with Gasteiger partial charge in [0, 0.05) is 25.2 Å². The summed E-state index contributed by atoms with van der Waals surface area (Å²) in [4.78, 5) is 27.2. The van der Waals surface area contributed by atoms with Gasteiger partial charge >= 0.3 is 0 Å². The van der Waals surface area contributed by atoms with Gasteiger partial charge in [-0.15, -0.1) is 0 Å². The van der Waals surface area contributed by atoms with E-state index >= 15 is 0 Å². The van der Waals surface area contributed by atoms with E-state index in [0.29, 0.717) is 5.13 Å². The molecule has 3 heterocycles. The van der Waals surface area contributed by atoms with Gasteiger partial charge in [0.1, 0.15) is 17.2 Å². The van der Waals surface area contributed by atoms with Crippen LogP contribution in [0.5, 0.6) is 0 Å². The summed E-state index contributed by atoms with van der Waals surface area (Å²) in [6, 6.07) is 0. The summed E-state index contributed by atoms with van der Waals surface area (Å²) < 4.78 is 2.09. The fraction of sp³-hybridized carbons (Fsp3) is 0.474. The Bertz CT molecular complexity index is 1010. The Morgan fingerprint density at radius 2 is 2.18 bits per heavy atom. The number of H-pyrrole nitrogens is 1. The monoisotopic (exact) mass is 399 g/mol. The van der Waals surface area contributed by atoms with E-state index in [-0.39, 0.29) is 5.91 Å². The molecule has 9 heteroatoms. The predicted octanol–water partition coefficient (Wildman–Crippen LogP) is 2.71. The van der Waals surface area contributed by atoms with Crippen LogP contribution in [0, 0.1) is 6.92 Å². The zero-order valence-corrected chi connectivity index (χ0v) is 17.5. The average molecular weight is 400 g/mol. The number of fused-ring (bicyclic) bond motifs is 3. The van der Waals surface area contributed by atoms with E-state index in [0.717, 1.165) is 65.8 Å². The van der Waals surface area contributed by atoms with E-state index in [1.807, 2.05) is 13.1 Å². The molecule has 0 aliphatic heterocycles. The van der Waals surface area contributed by atoms with Crippen LogP contribution in [0.1, 0.15) is 30.4 Å². The lowest BCUT2D eigenvalue weighted by Crippen LogP contribution is -2.19. The lowest BCUT2D eigenvalue weighted by atomic mass is 10.1. The second kappa shape index (κ2) is 7.48. The normalized spacial score (nSPS) is 13.3. The van der Waals surface area contributed by atoms with Gasteiger partial charge in [0.2, 0.25) is 5.91 Å². The van der Waals surface area contributed by atoms with Crippen molar-refractivity contribution >= 4 is 22.4 Å². The van der Waals surface area contributed by atoms with Crippen LogP contribution in [0.4, 0.5) is 5.13 Å². The smallest absolute Gasteiger partial charge is 0.223 e. The minimum atomic E-state index is -0.0991. The Morgan fingerprint density at radius 1 is 1.36 bits per heavy atom. The number of aryl methyl sites for hydroxylation is 2. The molecule has 0 radical (unpaired) electrons. The number of hydrogen-bond donors (Lipinski definition) is 2. The van der Waals surface area contributed by atoms with Gasteiger partial charge in [0.05, 0.1) is 22.8 Å². The standard InChI is InChI=1S/C19H25N7OS/c1-11-20-10-15(21-11)16-13-6-5-7-14-18(28-19(23-14)22-12(2)27)17(13)26(24-16)9-8-25(3)4/h10H,5-9H2,1-4H3,(H,20,21)(H,22,23,27). The molecule has 0 unspecified atom stereocenters. The van der Waals surface area contributed by atoms with E-state index in [9.17, 15) is 4.79 Å². The van der Waals surface area contributed by atoms with Gasteiger partial charge < -0.3 is 15.2 Å². The Balaban J connectivity index is 1.86. The van der Waals surface area contributed by atoms with Crippen molar-refractivity contribution in [1.82, 2.24) is 29.6 Å². The van der Waals surface area contributed by atoms with Crippen molar-refractivity contribution in [3.63, 3.8) is 0 Å². The summed E-state index contributed by atoms with van der Waals surface area (Å²) in [5.41, 5.74) is 5.22. The van der Waals surface area contributed by atoms with E-state index < -0.39 is 0 Å². The molecule has 0 saturated carbocycles. The zero-order chi connectivity index (χ0) is 19.8. The molecule has 3 aromatic rings. The highest BCUT2D eigenvalue weighted by Crippen LogP contribution is 2.41. The summed E-state index contributed by atoms with van der Waals surface area (Å²) in [5.74, 6) is 0.782. The first-order valence-corrected chi connectivity index (χ1v) is 10.3. The molecular weight excluding hydrogens is 374 g/mol. The first kappa shape index (κ1) is 18.8. The molecule has 2 N–H and O–H groups in total. The highest BCUT2D eigenvalue weighted by Gasteiger charge is 2.28. The molecule has 0 atom stereocenters. The molecule has 3 aromatic heterocycles. The quantitative estimate of drug-likeness (QED) is 0.688. The van der Waals surface area contributed by atoms with Crippen molar-refractivity contribution in [2.24, 2.45) is 0 Å². The van der Waals surface area contributed by atoms with Crippen LogP contribution in [0.3, 0.4) is 0 Å². The SMILES string of the molecule is CC(=O)Nc1nc2c(s1)-c1c(c(-c3c[nH]c(C)n3)nn1CCN(C)C)CCC2. The number of anilines is 1. The third kappa shape index (κ3) is 3.59. The number of thiazole rings is 1. The maximum absolute atomic E-state index is 11.5. The van der Waals surface area contributed by atoms with Gasteiger partial charge in [-0.25, -0.2) is 9.97 Å². The number of imidazole rings is 1. The summed E-state index contributed by atoms with van der Waals surface area (Å²) in [6.45, 7) is 5.13. The number of nitrogens with zero attached hydrogens (tertiary/aromatic N) is 5. The fourth-order valence-corrected chi connectivity index (χ4v) is 4.67. The Kier molecular flexibility index (Phi) is 5.03. The third-order valence-electron chi connectivity index (χ3n) is 4.79. The first-order valence-electron chi connectivity index (χ1n) is 9.47. The van der Waals surface area contributed by atoms with Gasteiger partial charge in [0.25, 0.3) is 0 Å². The molecule has 1 aliphatic carbocycles.